The van der Waals surface area contributed by atoms with Crippen molar-refractivity contribution in [2.24, 2.45) is 0 Å². The molecule has 1 fully saturated rings. The number of nitrogens with one attached hydrogen (secondary N) is 1. The van der Waals surface area contributed by atoms with Crippen LogP contribution in [0.2, 0.25) is 0 Å². The Morgan fingerprint density at radius 3 is 2.71 bits per heavy atom. The maximum atomic E-state index is 12.2. The van der Waals surface area contributed by atoms with E-state index in [9.17, 15) is 4.79 Å². The van der Waals surface area contributed by atoms with E-state index in [0.717, 1.165) is 37.1 Å². The van der Waals surface area contributed by atoms with Crippen LogP contribution >= 0.6 is 0 Å². The van der Waals surface area contributed by atoms with E-state index in [0.29, 0.717) is 11.5 Å². The molecule has 0 atom stereocenters. The molecule has 3 rings (SSSR count). The number of nitrogens with two attached hydrogens (primary N) is 1. The maximum Gasteiger partial charge on any atom is 0.270 e. The molecular formula is C18H22N4O2. The fraction of sp³-hybridized carbons (Fsp3) is 0.389. The lowest BCUT2D eigenvalue weighted by molar-refractivity contribution is 0.0888. The van der Waals surface area contributed by atoms with Crippen LogP contribution in [0.5, 0.6) is 5.75 Å². The van der Waals surface area contributed by atoms with Crippen molar-refractivity contribution in [3.05, 3.63) is 47.9 Å². The summed E-state index contributed by atoms with van der Waals surface area (Å²) in [4.78, 5) is 20.5. The lowest BCUT2D eigenvalue weighted by atomic mass is 9.92. The number of nitrogens with zero attached hydrogens (tertiary/aromatic N) is 2. The Hall–Kier alpha value is -2.63. The van der Waals surface area contributed by atoms with Gasteiger partial charge in [-0.25, -0.2) is 4.98 Å². The highest BCUT2D eigenvalue weighted by Crippen LogP contribution is 2.25. The molecule has 1 aliphatic rings. The molecule has 0 bridgehead atoms. The summed E-state index contributed by atoms with van der Waals surface area (Å²) >= 11 is 0. The van der Waals surface area contributed by atoms with Gasteiger partial charge in [0.15, 0.2) is 0 Å². The van der Waals surface area contributed by atoms with E-state index in [2.05, 4.69) is 15.3 Å². The summed E-state index contributed by atoms with van der Waals surface area (Å²) in [6, 6.07) is 9.05. The number of amides is 1. The van der Waals surface area contributed by atoms with Gasteiger partial charge in [-0.2, -0.15) is 0 Å². The van der Waals surface area contributed by atoms with Crippen molar-refractivity contribution in [2.45, 2.75) is 44.8 Å². The van der Waals surface area contributed by atoms with Crippen molar-refractivity contribution >= 4 is 11.7 Å². The van der Waals surface area contributed by atoms with Gasteiger partial charge in [-0.3, -0.25) is 9.78 Å². The van der Waals surface area contributed by atoms with Gasteiger partial charge in [0.1, 0.15) is 17.3 Å². The molecule has 1 amide bonds. The molecule has 2 aromatic rings. The van der Waals surface area contributed by atoms with Crippen LogP contribution in [0.15, 0.2) is 36.5 Å². The molecule has 1 aliphatic carbocycles. The van der Waals surface area contributed by atoms with Crippen molar-refractivity contribution in [3.63, 3.8) is 0 Å². The number of pyridine rings is 2. The van der Waals surface area contributed by atoms with Crippen molar-refractivity contribution in [1.29, 1.82) is 0 Å². The van der Waals surface area contributed by atoms with Gasteiger partial charge in [-0.1, -0.05) is 6.07 Å². The summed E-state index contributed by atoms with van der Waals surface area (Å²) in [5.41, 5.74) is 6.88. The Morgan fingerprint density at radius 1 is 1.21 bits per heavy atom. The topological polar surface area (TPSA) is 90.1 Å². The number of nitrogen functional groups attached to an aromatic ring is 1. The standard InChI is InChI=1S/C18H22N4O2/c1-12-16(5-3-11-20-12)24-14-9-7-13(8-10-14)21-18(23)15-4-2-6-17(19)22-15/h2-6,11,13-14H,7-10H2,1H3,(H2,19,22)(H,21,23). The van der Waals surface area contributed by atoms with E-state index in [1.807, 2.05) is 19.1 Å². The quantitative estimate of drug-likeness (QED) is 0.901. The summed E-state index contributed by atoms with van der Waals surface area (Å²) in [6.45, 7) is 1.94. The summed E-state index contributed by atoms with van der Waals surface area (Å²) < 4.78 is 6.04. The lowest BCUT2D eigenvalue weighted by Gasteiger charge is -2.29. The zero-order chi connectivity index (χ0) is 16.9. The highest BCUT2D eigenvalue weighted by Gasteiger charge is 2.24. The SMILES string of the molecule is Cc1ncccc1OC1CCC(NC(=O)c2cccc(N)n2)CC1. The molecule has 3 N–H and O–H groups in total. The van der Waals surface area contributed by atoms with E-state index in [1.165, 1.54) is 0 Å². The van der Waals surface area contributed by atoms with E-state index < -0.39 is 0 Å². The predicted octanol–water partition coefficient (Wildman–Crippen LogP) is 2.49. The Labute approximate surface area is 141 Å². The molecule has 0 unspecified atom stereocenters. The van der Waals surface area contributed by atoms with E-state index in [4.69, 9.17) is 10.5 Å². The Kier molecular flexibility index (Phi) is 4.93. The van der Waals surface area contributed by atoms with Crippen LogP contribution in [0, 0.1) is 6.92 Å². The van der Waals surface area contributed by atoms with Crippen LogP contribution in [0.1, 0.15) is 41.9 Å². The number of carbonyl (C=O) groups is 1. The van der Waals surface area contributed by atoms with Gasteiger partial charge in [0.2, 0.25) is 0 Å². The highest BCUT2D eigenvalue weighted by atomic mass is 16.5. The number of carbonyl (C=O) groups excluding carboxylic acids is 1. The molecule has 0 aromatic carbocycles. The normalized spacial score (nSPS) is 20.4. The zero-order valence-electron chi connectivity index (χ0n) is 13.7. The van der Waals surface area contributed by atoms with Gasteiger partial charge in [-0.15, -0.1) is 0 Å². The van der Waals surface area contributed by atoms with Crippen LogP contribution < -0.4 is 15.8 Å². The average Bonchev–Trinajstić information content (AvgIpc) is 2.58. The Morgan fingerprint density at radius 2 is 2.00 bits per heavy atom. The number of ether oxygens (including phenoxy) is 1. The monoisotopic (exact) mass is 326 g/mol. The second kappa shape index (κ2) is 7.29. The first-order valence-corrected chi connectivity index (χ1v) is 8.23. The zero-order valence-corrected chi connectivity index (χ0v) is 13.7. The number of hydrogen-bond donors (Lipinski definition) is 2. The molecule has 2 heterocycles. The molecule has 6 nitrogen and oxygen atoms in total. The third-order valence-corrected chi connectivity index (χ3v) is 4.26. The van der Waals surface area contributed by atoms with E-state index >= 15 is 0 Å². The first-order valence-electron chi connectivity index (χ1n) is 8.23. The van der Waals surface area contributed by atoms with E-state index in [1.54, 1.807) is 24.4 Å². The molecule has 0 aliphatic heterocycles. The third kappa shape index (κ3) is 4.01. The highest BCUT2D eigenvalue weighted by molar-refractivity contribution is 5.92. The number of aryl methyl sites for hydroxylation is 1. The Balaban J connectivity index is 1.50. The van der Waals surface area contributed by atoms with Crippen molar-refractivity contribution in [1.82, 2.24) is 15.3 Å². The Bertz CT molecular complexity index is 712. The largest absolute Gasteiger partial charge is 0.489 e. The second-order valence-corrected chi connectivity index (χ2v) is 6.10. The molecule has 0 spiro atoms. The third-order valence-electron chi connectivity index (χ3n) is 4.26. The second-order valence-electron chi connectivity index (χ2n) is 6.10. The summed E-state index contributed by atoms with van der Waals surface area (Å²) in [7, 11) is 0. The minimum atomic E-state index is -0.172. The fourth-order valence-corrected chi connectivity index (χ4v) is 2.94. The average molecular weight is 326 g/mol. The van der Waals surface area contributed by atoms with Crippen LogP contribution in [0.25, 0.3) is 0 Å². The molecule has 126 valence electrons. The molecule has 1 saturated carbocycles. The van der Waals surface area contributed by atoms with Gasteiger partial charge in [0.05, 0.1) is 11.8 Å². The minimum Gasteiger partial charge on any atom is -0.489 e. The van der Waals surface area contributed by atoms with Crippen LogP contribution in [0.4, 0.5) is 5.82 Å². The number of hydrogen-bond acceptors (Lipinski definition) is 5. The molecule has 6 heteroatoms. The lowest BCUT2D eigenvalue weighted by Crippen LogP contribution is -2.40. The molecule has 24 heavy (non-hydrogen) atoms. The van der Waals surface area contributed by atoms with Gasteiger partial charge in [0, 0.05) is 12.2 Å². The van der Waals surface area contributed by atoms with Crippen molar-refractivity contribution < 1.29 is 9.53 Å². The summed E-state index contributed by atoms with van der Waals surface area (Å²) in [5.74, 6) is 1.02. The van der Waals surface area contributed by atoms with Gasteiger partial charge in [0.25, 0.3) is 5.91 Å². The number of rotatable bonds is 4. The van der Waals surface area contributed by atoms with Crippen LogP contribution in [-0.2, 0) is 0 Å². The van der Waals surface area contributed by atoms with Gasteiger partial charge < -0.3 is 15.8 Å². The summed E-state index contributed by atoms with van der Waals surface area (Å²) in [5, 5.41) is 3.03. The first-order chi connectivity index (χ1) is 11.6. The molecule has 0 radical (unpaired) electrons. The predicted molar refractivity (Wildman–Crippen MR) is 91.8 cm³/mol. The molecular weight excluding hydrogens is 304 g/mol. The van der Waals surface area contributed by atoms with E-state index in [-0.39, 0.29) is 18.1 Å². The summed E-state index contributed by atoms with van der Waals surface area (Å²) in [6.07, 6.45) is 5.52. The van der Waals surface area contributed by atoms with Gasteiger partial charge in [-0.05, 0) is 56.9 Å². The molecule has 0 saturated heterocycles. The van der Waals surface area contributed by atoms with Crippen LogP contribution in [0.3, 0.4) is 0 Å². The molecule has 2 aromatic heterocycles. The van der Waals surface area contributed by atoms with Crippen molar-refractivity contribution in [2.75, 3.05) is 5.73 Å². The number of anilines is 1. The minimum absolute atomic E-state index is 0.149. The van der Waals surface area contributed by atoms with Crippen molar-refractivity contribution in [3.8, 4) is 5.75 Å². The smallest absolute Gasteiger partial charge is 0.270 e. The van der Waals surface area contributed by atoms with Crippen LogP contribution in [-0.4, -0.2) is 28.0 Å². The fourth-order valence-electron chi connectivity index (χ4n) is 2.94. The first kappa shape index (κ1) is 16.2. The van der Waals surface area contributed by atoms with Gasteiger partial charge >= 0.3 is 0 Å². The maximum absolute atomic E-state index is 12.2. The number of aromatic nitrogens is 2.